The smallest absolute Gasteiger partial charge is 0.337 e. The van der Waals surface area contributed by atoms with Crippen LogP contribution in [0, 0.1) is 5.92 Å². The second kappa shape index (κ2) is 3.96. The zero-order chi connectivity index (χ0) is 11.8. The van der Waals surface area contributed by atoms with E-state index in [0.29, 0.717) is 5.76 Å². The molecule has 1 aliphatic carbocycles. The third-order valence-corrected chi connectivity index (χ3v) is 3.37. The van der Waals surface area contributed by atoms with E-state index < -0.39 is 5.79 Å². The molecule has 0 saturated heterocycles. The van der Waals surface area contributed by atoms with E-state index in [9.17, 15) is 4.79 Å². The van der Waals surface area contributed by atoms with Crippen LogP contribution in [-0.4, -0.2) is 11.8 Å². The third kappa shape index (κ3) is 2.13. The summed E-state index contributed by atoms with van der Waals surface area (Å²) >= 11 is 0. The Morgan fingerprint density at radius 3 is 2.69 bits per heavy atom. The van der Waals surface area contributed by atoms with Crippen LogP contribution in [0.5, 0.6) is 0 Å². The topological polar surface area (TPSA) is 35.5 Å². The van der Waals surface area contributed by atoms with Gasteiger partial charge in [-0.2, -0.15) is 0 Å². The van der Waals surface area contributed by atoms with Gasteiger partial charge in [0.15, 0.2) is 0 Å². The normalized spacial score (nSPS) is 34.7. The first kappa shape index (κ1) is 11.2. The Morgan fingerprint density at radius 1 is 1.38 bits per heavy atom. The third-order valence-electron chi connectivity index (χ3n) is 3.37. The van der Waals surface area contributed by atoms with Gasteiger partial charge in [0.25, 0.3) is 5.79 Å². The van der Waals surface area contributed by atoms with Crippen molar-refractivity contribution in [1.29, 1.82) is 0 Å². The van der Waals surface area contributed by atoms with E-state index in [1.54, 1.807) is 6.92 Å². The molecule has 0 N–H and O–H groups in total. The summed E-state index contributed by atoms with van der Waals surface area (Å²) in [6.07, 6.45) is 6.60. The zero-order valence-electron chi connectivity index (χ0n) is 10.1. The molecule has 2 unspecified atom stereocenters. The number of carbonyl (C=O) groups excluding carboxylic acids is 1. The SMILES string of the molecule is CC1=CCC(C2(C)OC(=O)C=C(C)O2)CC1. The summed E-state index contributed by atoms with van der Waals surface area (Å²) < 4.78 is 11.1. The largest absolute Gasteiger partial charge is 0.457 e. The van der Waals surface area contributed by atoms with Crippen LogP contribution in [0.25, 0.3) is 0 Å². The van der Waals surface area contributed by atoms with Gasteiger partial charge in [-0.1, -0.05) is 11.6 Å². The van der Waals surface area contributed by atoms with Gasteiger partial charge in [0.05, 0.1) is 6.08 Å². The van der Waals surface area contributed by atoms with Crippen LogP contribution in [0.1, 0.15) is 40.0 Å². The number of cyclic esters (lactones) is 1. The second-order valence-corrected chi connectivity index (χ2v) is 4.82. The average Bonchev–Trinajstić information content (AvgIpc) is 2.16. The van der Waals surface area contributed by atoms with Crippen LogP contribution < -0.4 is 0 Å². The highest BCUT2D eigenvalue weighted by atomic mass is 16.7. The van der Waals surface area contributed by atoms with Crippen LogP contribution in [0.3, 0.4) is 0 Å². The van der Waals surface area contributed by atoms with Crippen molar-refractivity contribution < 1.29 is 14.3 Å². The maximum absolute atomic E-state index is 11.4. The van der Waals surface area contributed by atoms with Crippen molar-refractivity contribution in [3.05, 3.63) is 23.5 Å². The highest BCUT2D eigenvalue weighted by molar-refractivity contribution is 5.83. The monoisotopic (exact) mass is 222 g/mol. The van der Waals surface area contributed by atoms with E-state index in [0.717, 1.165) is 19.3 Å². The average molecular weight is 222 g/mol. The molecular formula is C13H18O3. The summed E-state index contributed by atoms with van der Waals surface area (Å²) in [6, 6.07) is 0. The molecule has 3 heteroatoms. The van der Waals surface area contributed by atoms with Crippen LogP contribution in [0.2, 0.25) is 0 Å². The standard InChI is InChI=1S/C13H18O3/c1-9-4-6-11(7-5-9)13(3)15-10(2)8-12(14)16-13/h4,8,11H,5-7H2,1-3H3. The molecule has 0 radical (unpaired) electrons. The number of allylic oxidation sites excluding steroid dienone is 3. The highest BCUT2D eigenvalue weighted by Crippen LogP contribution is 2.38. The fraction of sp³-hybridized carbons (Fsp3) is 0.615. The highest BCUT2D eigenvalue weighted by Gasteiger charge is 2.42. The number of hydrogen-bond donors (Lipinski definition) is 0. The molecule has 0 aromatic heterocycles. The molecular weight excluding hydrogens is 204 g/mol. The van der Waals surface area contributed by atoms with Gasteiger partial charge < -0.3 is 9.47 Å². The summed E-state index contributed by atoms with van der Waals surface area (Å²) in [5.41, 5.74) is 1.41. The first-order valence-electron chi connectivity index (χ1n) is 5.75. The molecule has 2 aliphatic rings. The van der Waals surface area contributed by atoms with Crippen molar-refractivity contribution >= 4 is 5.97 Å². The fourth-order valence-corrected chi connectivity index (χ4v) is 2.37. The lowest BCUT2D eigenvalue weighted by atomic mass is 9.84. The molecule has 2 atom stereocenters. The summed E-state index contributed by atoms with van der Waals surface area (Å²) in [4.78, 5) is 11.4. The van der Waals surface area contributed by atoms with Gasteiger partial charge in [-0.3, -0.25) is 0 Å². The van der Waals surface area contributed by atoms with Crippen LogP contribution in [0.15, 0.2) is 23.5 Å². The molecule has 88 valence electrons. The minimum absolute atomic E-state index is 0.254. The molecule has 0 saturated carbocycles. The summed E-state index contributed by atoms with van der Waals surface area (Å²) in [7, 11) is 0. The van der Waals surface area contributed by atoms with Crippen LogP contribution in [0.4, 0.5) is 0 Å². The Labute approximate surface area is 96.1 Å². The van der Waals surface area contributed by atoms with E-state index in [1.807, 2.05) is 6.92 Å². The van der Waals surface area contributed by atoms with E-state index in [1.165, 1.54) is 11.6 Å². The second-order valence-electron chi connectivity index (χ2n) is 4.82. The molecule has 3 nitrogen and oxygen atoms in total. The first-order valence-corrected chi connectivity index (χ1v) is 5.75. The minimum Gasteiger partial charge on any atom is -0.457 e. The Hall–Kier alpha value is -1.25. The number of ether oxygens (including phenoxy) is 2. The molecule has 0 amide bonds. The zero-order valence-corrected chi connectivity index (χ0v) is 10.1. The van der Waals surface area contributed by atoms with E-state index in [-0.39, 0.29) is 11.9 Å². The van der Waals surface area contributed by atoms with Crippen molar-refractivity contribution in [3.8, 4) is 0 Å². The lowest BCUT2D eigenvalue weighted by Gasteiger charge is -2.40. The Bertz CT molecular complexity index is 367. The van der Waals surface area contributed by atoms with Gasteiger partial charge in [-0.15, -0.1) is 0 Å². The summed E-state index contributed by atoms with van der Waals surface area (Å²) in [6.45, 7) is 5.79. The van der Waals surface area contributed by atoms with Gasteiger partial charge in [0.1, 0.15) is 5.76 Å². The van der Waals surface area contributed by atoms with Crippen molar-refractivity contribution in [2.24, 2.45) is 5.92 Å². The van der Waals surface area contributed by atoms with Crippen LogP contribution >= 0.6 is 0 Å². The molecule has 1 heterocycles. The number of carbonyl (C=O) groups is 1. The molecule has 0 fully saturated rings. The lowest BCUT2D eigenvalue weighted by molar-refractivity contribution is -0.236. The molecule has 0 bridgehead atoms. The Kier molecular flexibility index (Phi) is 2.78. The summed E-state index contributed by atoms with van der Waals surface area (Å²) in [5, 5.41) is 0. The summed E-state index contributed by atoms with van der Waals surface area (Å²) in [5.74, 6) is -0.182. The Morgan fingerprint density at radius 2 is 2.12 bits per heavy atom. The van der Waals surface area contributed by atoms with Gasteiger partial charge in [-0.25, -0.2) is 4.79 Å². The van der Waals surface area contributed by atoms with Crippen molar-refractivity contribution in [2.75, 3.05) is 0 Å². The number of esters is 1. The molecule has 0 spiro atoms. The van der Waals surface area contributed by atoms with E-state index >= 15 is 0 Å². The fourth-order valence-electron chi connectivity index (χ4n) is 2.37. The van der Waals surface area contributed by atoms with Gasteiger partial charge >= 0.3 is 5.97 Å². The molecule has 0 aromatic carbocycles. The minimum atomic E-state index is -0.785. The maximum Gasteiger partial charge on any atom is 0.337 e. The molecule has 2 rings (SSSR count). The quantitative estimate of drug-likeness (QED) is 0.505. The van der Waals surface area contributed by atoms with Gasteiger partial charge in [-0.05, 0) is 33.1 Å². The van der Waals surface area contributed by atoms with E-state index in [2.05, 4.69) is 13.0 Å². The number of hydrogen-bond acceptors (Lipinski definition) is 3. The molecule has 16 heavy (non-hydrogen) atoms. The van der Waals surface area contributed by atoms with Gasteiger partial charge in [0.2, 0.25) is 0 Å². The number of rotatable bonds is 1. The predicted octanol–water partition coefficient (Wildman–Crippen LogP) is 2.93. The van der Waals surface area contributed by atoms with Gasteiger partial charge in [0, 0.05) is 12.8 Å². The maximum atomic E-state index is 11.4. The Balaban J connectivity index is 2.14. The predicted molar refractivity (Wildman–Crippen MR) is 60.4 cm³/mol. The first-order chi connectivity index (χ1) is 7.49. The van der Waals surface area contributed by atoms with E-state index in [4.69, 9.17) is 9.47 Å². The van der Waals surface area contributed by atoms with Crippen LogP contribution in [-0.2, 0) is 14.3 Å². The van der Waals surface area contributed by atoms with Crippen molar-refractivity contribution in [1.82, 2.24) is 0 Å². The van der Waals surface area contributed by atoms with Crippen molar-refractivity contribution in [2.45, 2.75) is 45.8 Å². The molecule has 0 aromatic rings. The molecule has 1 aliphatic heterocycles. The lowest BCUT2D eigenvalue weighted by Crippen LogP contribution is -2.44. The van der Waals surface area contributed by atoms with Crippen molar-refractivity contribution in [3.63, 3.8) is 0 Å².